The number of carbonyl (C=O) groups is 2. The quantitative estimate of drug-likeness (QED) is 0.360. The summed E-state index contributed by atoms with van der Waals surface area (Å²) in [6, 6.07) is 22.5. The largest absolute Gasteiger partial charge is 0.481 e. The molecule has 0 saturated heterocycles. The number of nitrogens with one attached hydrogen (secondary N) is 1. The summed E-state index contributed by atoms with van der Waals surface area (Å²) < 4.78 is 0. The van der Waals surface area contributed by atoms with E-state index in [1.807, 2.05) is 78.2 Å². The highest BCUT2D eigenvalue weighted by molar-refractivity contribution is 7.12. The summed E-state index contributed by atoms with van der Waals surface area (Å²) in [5.74, 6) is -1.24. The lowest BCUT2D eigenvalue weighted by molar-refractivity contribution is -0.137. The highest BCUT2D eigenvalue weighted by atomic mass is 35.5. The molecule has 0 aliphatic rings. The van der Waals surface area contributed by atoms with Crippen molar-refractivity contribution in [3.8, 4) is 22.3 Å². The lowest BCUT2D eigenvalue weighted by Gasteiger charge is -2.16. The molecule has 2 heterocycles. The number of carbonyl (C=O) groups excluding carboxylic acids is 1. The normalized spacial score (nSPS) is 11.2. The van der Waals surface area contributed by atoms with Crippen molar-refractivity contribution in [3.05, 3.63) is 101 Å². The van der Waals surface area contributed by atoms with Crippen molar-refractivity contribution in [1.29, 1.82) is 0 Å². The van der Waals surface area contributed by atoms with E-state index in [2.05, 4.69) is 10.3 Å². The number of aromatic nitrogens is 1. The number of hydrogen-bond acceptors (Lipinski definition) is 4. The number of aliphatic carboxylic acids is 1. The van der Waals surface area contributed by atoms with Gasteiger partial charge in [0, 0.05) is 12.4 Å². The molecule has 0 saturated carbocycles. The van der Waals surface area contributed by atoms with Crippen molar-refractivity contribution in [3.63, 3.8) is 0 Å². The molecule has 0 radical (unpaired) electrons. The second-order valence-electron chi connectivity index (χ2n) is 7.05. The Morgan fingerprint density at radius 1 is 0.875 bits per heavy atom. The SMILES string of the molecule is Cl.O=C(O)C[C@@H](NC(=O)c1cc(-c2ccc(-c3ccncc3)cc2)cs1)c1ccccc1. The molecule has 4 aromatic rings. The third-order valence-electron chi connectivity index (χ3n) is 4.94. The number of hydrogen-bond donors (Lipinski definition) is 2. The van der Waals surface area contributed by atoms with E-state index in [0.29, 0.717) is 4.88 Å². The molecule has 2 aromatic carbocycles. The zero-order chi connectivity index (χ0) is 21.6. The van der Waals surface area contributed by atoms with Gasteiger partial charge in [-0.3, -0.25) is 14.6 Å². The number of amides is 1. The third kappa shape index (κ3) is 5.60. The molecule has 4 rings (SSSR count). The summed E-state index contributed by atoms with van der Waals surface area (Å²) in [6.45, 7) is 0. The van der Waals surface area contributed by atoms with E-state index in [4.69, 9.17) is 0 Å². The molecule has 0 aliphatic heterocycles. The number of thiophene rings is 1. The van der Waals surface area contributed by atoms with E-state index >= 15 is 0 Å². The fraction of sp³-hybridized carbons (Fsp3) is 0.0800. The Bertz CT molecular complexity index is 1180. The maximum atomic E-state index is 12.8. The second kappa shape index (κ2) is 10.7. The minimum absolute atomic E-state index is 0. The summed E-state index contributed by atoms with van der Waals surface area (Å²) in [4.78, 5) is 28.6. The van der Waals surface area contributed by atoms with Crippen LogP contribution >= 0.6 is 23.7 Å². The van der Waals surface area contributed by atoms with Gasteiger partial charge in [-0.15, -0.1) is 23.7 Å². The minimum atomic E-state index is -0.963. The molecule has 32 heavy (non-hydrogen) atoms. The fourth-order valence-electron chi connectivity index (χ4n) is 3.35. The molecular weight excluding hydrogens is 444 g/mol. The van der Waals surface area contributed by atoms with E-state index in [1.165, 1.54) is 11.3 Å². The summed E-state index contributed by atoms with van der Waals surface area (Å²) in [5.41, 5.74) is 4.92. The average molecular weight is 465 g/mol. The molecule has 0 spiro atoms. The van der Waals surface area contributed by atoms with Crippen LogP contribution in [0, 0.1) is 0 Å². The number of carboxylic acids is 1. The van der Waals surface area contributed by atoms with E-state index < -0.39 is 12.0 Å². The van der Waals surface area contributed by atoms with Crippen LogP contribution < -0.4 is 5.32 Å². The van der Waals surface area contributed by atoms with Gasteiger partial charge in [0.1, 0.15) is 0 Å². The van der Waals surface area contributed by atoms with Crippen LogP contribution in [0.4, 0.5) is 0 Å². The average Bonchev–Trinajstić information content (AvgIpc) is 3.30. The molecule has 0 unspecified atom stereocenters. The van der Waals surface area contributed by atoms with E-state index in [-0.39, 0.29) is 24.7 Å². The van der Waals surface area contributed by atoms with Gasteiger partial charge in [-0.2, -0.15) is 0 Å². The van der Waals surface area contributed by atoms with Crippen LogP contribution in [0.5, 0.6) is 0 Å². The molecule has 5 nitrogen and oxygen atoms in total. The number of nitrogens with zero attached hydrogens (tertiary/aromatic N) is 1. The number of rotatable bonds is 7. The van der Waals surface area contributed by atoms with Crippen molar-refractivity contribution in [1.82, 2.24) is 10.3 Å². The van der Waals surface area contributed by atoms with Gasteiger partial charge in [0.05, 0.1) is 17.3 Å². The Hall–Kier alpha value is -3.48. The Labute approximate surface area is 196 Å². The van der Waals surface area contributed by atoms with Gasteiger partial charge in [-0.1, -0.05) is 54.6 Å². The van der Waals surface area contributed by atoms with Gasteiger partial charge in [0.15, 0.2) is 0 Å². The van der Waals surface area contributed by atoms with Crippen LogP contribution in [0.25, 0.3) is 22.3 Å². The third-order valence-corrected chi connectivity index (χ3v) is 5.87. The minimum Gasteiger partial charge on any atom is -0.481 e. The van der Waals surface area contributed by atoms with E-state index in [1.54, 1.807) is 12.4 Å². The van der Waals surface area contributed by atoms with Crippen LogP contribution in [0.15, 0.2) is 90.6 Å². The Balaban J connectivity index is 0.00000289. The molecule has 0 fully saturated rings. The van der Waals surface area contributed by atoms with Crippen LogP contribution in [-0.2, 0) is 4.79 Å². The van der Waals surface area contributed by atoms with Gasteiger partial charge in [0.25, 0.3) is 5.91 Å². The smallest absolute Gasteiger partial charge is 0.305 e. The van der Waals surface area contributed by atoms with Crippen LogP contribution in [0.1, 0.15) is 27.7 Å². The van der Waals surface area contributed by atoms with E-state index in [9.17, 15) is 14.7 Å². The van der Waals surface area contributed by atoms with Crippen molar-refractivity contribution >= 4 is 35.6 Å². The highest BCUT2D eigenvalue weighted by Gasteiger charge is 2.20. The van der Waals surface area contributed by atoms with Gasteiger partial charge in [-0.05, 0) is 51.4 Å². The molecule has 2 N–H and O–H groups in total. The predicted molar refractivity (Wildman–Crippen MR) is 129 cm³/mol. The van der Waals surface area contributed by atoms with Crippen molar-refractivity contribution in [2.75, 3.05) is 0 Å². The first-order chi connectivity index (χ1) is 15.1. The summed E-state index contributed by atoms with van der Waals surface area (Å²) in [5, 5.41) is 14.0. The Morgan fingerprint density at radius 3 is 2.09 bits per heavy atom. The molecule has 0 aliphatic carbocycles. The first-order valence-corrected chi connectivity index (χ1v) is 10.6. The maximum Gasteiger partial charge on any atom is 0.305 e. The lowest BCUT2D eigenvalue weighted by Crippen LogP contribution is -2.29. The standard InChI is InChI=1S/C25H20N2O3S.ClH/c28-24(29)15-22(20-4-2-1-3-5-20)27-25(30)23-14-21(16-31-23)18-8-6-17(7-9-18)19-10-12-26-13-11-19;/h1-14,16,22H,15H2,(H,27,30)(H,28,29);1H/t22-;/m1./s1. The number of carboxylic acid groups (broad SMARTS) is 1. The number of halogens is 1. The van der Waals surface area contributed by atoms with Crippen molar-refractivity contribution < 1.29 is 14.7 Å². The van der Waals surface area contributed by atoms with Gasteiger partial charge >= 0.3 is 5.97 Å². The zero-order valence-electron chi connectivity index (χ0n) is 17.0. The van der Waals surface area contributed by atoms with Gasteiger partial charge in [-0.25, -0.2) is 0 Å². The summed E-state index contributed by atoms with van der Waals surface area (Å²) in [7, 11) is 0. The van der Waals surface area contributed by atoms with Gasteiger partial charge < -0.3 is 10.4 Å². The lowest BCUT2D eigenvalue weighted by atomic mass is 10.0. The number of pyridine rings is 1. The molecule has 0 bridgehead atoms. The first-order valence-electron chi connectivity index (χ1n) is 9.77. The second-order valence-corrected chi connectivity index (χ2v) is 7.96. The maximum absolute atomic E-state index is 12.8. The molecule has 7 heteroatoms. The molecule has 1 atom stereocenters. The first kappa shape index (κ1) is 23.2. The fourth-order valence-corrected chi connectivity index (χ4v) is 4.17. The van der Waals surface area contributed by atoms with Crippen molar-refractivity contribution in [2.45, 2.75) is 12.5 Å². The zero-order valence-corrected chi connectivity index (χ0v) is 18.6. The van der Waals surface area contributed by atoms with Crippen molar-refractivity contribution in [2.24, 2.45) is 0 Å². The molecular formula is C25H21ClN2O3S. The van der Waals surface area contributed by atoms with Crippen LogP contribution in [0.3, 0.4) is 0 Å². The van der Waals surface area contributed by atoms with Crippen LogP contribution in [0.2, 0.25) is 0 Å². The monoisotopic (exact) mass is 464 g/mol. The molecule has 1 amide bonds. The Morgan fingerprint density at radius 2 is 1.47 bits per heavy atom. The summed E-state index contributed by atoms with van der Waals surface area (Å²) >= 11 is 1.34. The predicted octanol–water partition coefficient (Wildman–Crippen LogP) is 5.84. The van der Waals surface area contributed by atoms with E-state index in [0.717, 1.165) is 27.8 Å². The highest BCUT2D eigenvalue weighted by Crippen LogP contribution is 2.29. The van der Waals surface area contributed by atoms with Gasteiger partial charge in [0.2, 0.25) is 0 Å². The number of benzene rings is 2. The molecule has 162 valence electrons. The Kier molecular flexibility index (Phi) is 7.76. The van der Waals surface area contributed by atoms with Crippen LogP contribution in [-0.4, -0.2) is 22.0 Å². The summed E-state index contributed by atoms with van der Waals surface area (Å²) in [6.07, 6.45) is 3.35. The molecule has 2 aromatic heterocycles. The topological polar surface area (TPSA) is 79.3 Å².